The number of morpholine rings is 1. The normalized spacial score (nSPS) is 28.2. The van der Waals surface area contributed by atoms with Gasteiger partial charge in [0.15, 0.2) is 0 Å². The monoisotopic (exact) mass is 243 g/mol. The van der Waals surface area contributed by atoms with Gasteiger partial charge in [-0.25, -0.2) is 4.79 Å². The molecule has 2 aliphatic heterocycles. The Labute approximate surface area is 104 Å². The molecule has 2 unspecified atom stereocenters. The lowest BCUT2D eigenvalue weighted by molar-refractivity contribution is -0.0368. The van der Waals surface area contributed by atoms with Crippen molar-refractivity contribution >= 4 is 6.03 Å². The van der Waals surface area contributed by atoms with Gasteiger partial charge >= 0.3 is 6.03 Å². The molecule has 2 atom stereocenters. The minimum Gasteiger partial charge on any atom is -0.373 e. The van der Waals surface area contributed by atoms with Gasteiger partial charge < -0.3 is 14.5 Å². The largest absolute Gasteiger partial charge is 0.373 e. The zero-order valence-electron chi connectivity index (χ0n) is 11.6. The van der Waals surface area contributed by atoms with Crippen LogP contribution in [-0.4, -0.2) is 80.3 Å². The molecule has 5 heteroatoms. The molecule has 0 aromatic rings. The average Bonchev–Trinajstić information content (AvgIpc) is 2.76. The topological polar surface area (TPSA) is 36.0 Å². The Balaban J connectivity index is 0.000000686. The summed E-state index contributed by atoms with van der Waals surface area (Å²) in [5, 5.41) is 0. The van der Waals surface area contributed by atoms with Crippen LogP contribution in [0.3, 0.4) is 0 Å². The number of likely N-dealkylation sites (tertiary alicyclic amines) is 1. The SMILES string of the molecule is CC.CN(C)C(=O)N1CC2OCCN(C)C2C1. The third kappa shape index (κ3) is 3.10. The summed E-state index contributed by atoms with van der Waals surface area (Å²) in [4.78, 5) is 17.6. The molecule has 0 N–H and O–H groups in total. The van der Waals surface area contributed by atoms with E-state index in [4.69, 9.17) is 4.74 Å². The first-order valence-electron chi connectivity index (χ1n) is 6.37. The van der Waals surface area contributed by atoms with Gasteiger partial charge in [-0.05, 0) is 7.05 Å². The van der Waals surface area contributed by atoms with E-state index in [0.29, 0.717) is 6.04 Å². The van der Waals surface area contributed by atoms with Crippen molar-refractivity contribution in [1.29, 1.82) is 0 Å². The van der Waals surface area contributed by atoms with Gasteiger partial charge in [0.05, 0.1) is 25.3 Å². The fourth-order valence-electron chi connectivity index (χ4n) is 2.30. The van der Waals surface area contributed by atoms with Crippen LogP contribution in [0.1, 0.15) is 13.8 Å². The van der Waals surface area contributed by atoms with Crippen molar-refractivity contribution in [2.24, 2.45) is 0 Å². The maximum atomic E-state index is 11.8. The van der Waals surface area contributed by atoms with E-state index in [1.807, 2.05) is 18.7 Å². The maximum absolute atomic E-state index is 11.8. The van der Waals surface area contributed by atoms with Crippen molar-refractivity contribution in [3.8, 4) is 0 Å². The van der Waals surface area contributed by atoms with Gasteiger partial charge in [0.2, 0.25) is 0 Å². The minimum absolute atomic E-state index is 0.0846. The van der Waals surface area contributed by atoms with Crippen LogP contribution in [0.5, 0.6) is 0 Å². The van der Waals surface area contributed by atoms with Crippen molar-refractivity contribution in [1.82, 2.24) is 14.7 Å². The quantitative estimate of drug-likeness (QED) is 0.628. The fraction of sp³-hybridized carbons (Fsp3) is 0.917. The van der Waals surface area contributed by atoms with Gasteiger partial charge in [0, 0.05) is 27.2 Å². The van der Waals surface area contributed by atoms with E-state index in [2.05, 4.69) is 11.9 Å². The van der Waals surface area contributed by atoms with E-state index in [1.165, 1.54) is 0 Å². The van der Waals surface area contributed by atoms with Gasteiger partial charge in [-0.2, -0.15) is 0 Å². The van der Waals surface area contributed by atoms with E-state index in [0.717, 1.165) is 26.2 Å². The van der Waals surface area contributed by atoms with Crippen LogP contribution in [0.15, 0.2) is 0 Å². The van der Waals surface area contributed by atoms with Gasteiger partial charge in [0.1, 0.15) is 0 Å². The van der Waals surface area contributed by atoms with Crippen molar-refractivity contribution in [2.45, 2.75) is 26.0 Å². The number of fused-ring (bicyclic) bond motifs is 1. The first-order chi connectivity index (χ1) is 8.09. The van der Waals surface area contributed by atoms with Crippen LogP contribution in [0.25, 0.3) is 0 Å². The highest BCUT2D eigenvalue weighted by Gasteiger charge is 2.40. The Morgan fingerprint density at radius 1 is 1.29 bits per heavy atom. The number of rotatable bonds is 0. The lowest BCUT2D eigenvalue weighted by atomic mass is 10.1. The van der Waals surface area contributed by atoms with Crippen molar-refractivity contribution in [3.63, 3.8) is 0 Å². The third-order valence-corrected chi connectivity index (χ3v) is 3.23. The summed E-state index contributed by atoms with van der Waals surface area (Å²) in [6.07, 6.45) is 0.202. The van der Waals surface area contributed by atoms with Gasteiger partial charge in [-0.1, -0.05) is 13.8 Å². The molecule has 0 aromatic carbocycles. The van der Waals surface area contributed by atoms with Crippen LogP contribution in [0.4, 0.5) is 4.79 Å². The molecule has 0 saturated carbocycles. The van der Waals surface area contributed by atoms with E-state index < -0.39 is 0 Å². The molecule has 0 bridgehead atoms. The van der Waals surface area contributed by atoms with Crippen molar-refractivity contribution in [2.75, 3.05) is 47.4 Å². The molecule has 2 aliphatic rings. The first kappa shape index (κ1) is 14.3. The summed E-state index contributed by atoms with van der Waals surface area (Å²) >= 11 is 0. The molecule has 100 valence electrons. The fourth-order valence-corrected chi connectivity index (χ4v) is 2.30. The molecular formula is C12H25N3O2. The molecule has 0 radical (unpaired) electrons. The van der Waals surface area contributed by atoms with E-state index >= 15 is 0 Å². The predicted molar refractivity (Wildman–Crippen MR) is 68.2 cm³/mol. The highest BCUT2D eigenvalue weighted by molar-refractivity contribution is 5.74. The lowest BCUT2D eigenvalue weighted by Crippen LogP contribution is -2.48. The van der Waals surface area contributed by atoms with Crippen molar-refractivity contribution in [3.05, 3.63) is 0 Å². The molecule has 0 aromatic heterocycles. The molecule has 2 fully saturated rings. The van der Waals surface area contributed by atoms with Crippen LogP contribution >= 0.6 is 0 Å². The number of likely N-dealkylation sites (N-methyl/N-ethyl adjacent to an activating group) is 1. The Morgan fingerprint density at radius 2 is 1.94 bits per heavy atom. The molecule has 2 saturated heterocycles. The van der Waals surface area contributed by atoms with Gasteiger partial charge in [0.25, 0.3) is 0 Å². The summed E-state index contributed by atoms with van der Waals surface area (Å²) in [6, 6.07) is 0.462. The highest BCUT2D eigenvalue weighted by Crippen LogP contribution is 2.22. The Bertz CT molecular complexity index is 258. The van der Waals surface area contributed by atoms with E-state index in [1.54, 1.807) is 19.0 Å². The van der Waals surface area contributed by atoms with Crippen LogP contribution < -0.4 is 0 Å². The van der Waals surface area contributed by atoms with Crippen LogP contribution in [-0.2, 0) is 4.74 Å². The van der Waals surface area contributed by atoms with Gasteiger partial charge in [-0.15, -0.1) is 0 Å². The standard InChI is InChI=1S/C10H19N3O2.C2H6/c1-11(2)10(14)13-6-8-9(7-13)15-5-4-12(8)3;1-2/h8-9H,4-7H2,1-3H3;1-2H3. The molecule has 0 aliphatic carbocycles. The predicted octanol–water partition coefficient (Wildman–Crippen LogP) is 0.709. The second-order valence-electron chi connectivity index (χ2n) is 4.54. The number of carbonyl (C=O) groups is 1. The lowest BCUT2D eigenvalue weighted by Gasteiger charge is -2.33. The van der Waals surface area contributed by atoms with E-state index in [-0.39, 0.29) is 12.1 Å². The Morgan fingerprint density at radius 3 is 2.47 bits per heavy atom. The number of ether oxygens (including phenoxy) is 1. The summed E-state index contributed by atoms with van der Waals surface area (Å²) < 4.78 is 5.68. The molecular weight excluding hydrogens is 218 g/mol. The molecule has 5 nitrogen and oxygen atoms in total. The summed E-state index contributed by atoms with van der Waals surface area (Å²) in [5.74, 6) is 0. The Kier molecular flexibility index (Phi) is 5.21. The third-order valence-electron chi connectivity index (χ3n) is 3.23. The van der Waals surface area contributed by atoms with Crippen molar-refractivity contribution < 1.29 is 9.53 Å². The number of urea groups is 1. The molecule has 2 amide bonds. The molecule has 2 rings (SSSR count). The summed E-state index contributed by atoms with van der Waals surface area (Å²) in [6.45, 7) is 7.26. The van der Waals surface area contributed by atoms with Crippen LogP contribution in [0, 0.1) is 0 Å². The minimum atomic E-state index is 0.0846. The summed E-state index contributed by atoms with van der Waals surface area (Å²) in [5.41, 5.74) is 0. The second kappa shape index (κ2) is 6.21. The van der Waals surface area contributed by atoms with Crippen LogP contribution in [0.2, 0.25) is 0 Å². The first-order valence-corrected chi connectivity index (χ1v) is 6.37. The number of hydrogen-bond acceptors (Lipinski definition) is 3. The average molecular weight is 243 g/mol. The zero-order valence-corrected chi connectivity index (χ0v) is 11.6. The van der Waals surface area contributed by atoms with Gasteiger partial charge in [-0.3, -0.25) is 4.90 Å². The second-order valence-corrected chi connectivity index (χ2v) is 4.54. The highest BCUT2D eigenvalue weighted by atomic mass is 16.5. The smallest absolute Gasteiger partial charge is 0.319 e. The maximum Gasteiger partial charge on any atom is 0.319 e. The molecule has 0 spiro atoms. The van der Waals surface area contributed by atoms with E-state index in [9.17, 15) is 4.79 Å². The zero-order chi connectivity index (χ0) is 13.0. The molecule has 17 heavy (non-hydrogen) atoms. The Hall–Kier alpha value is -0.810. The number of nitrogens with zero attached hydrogens (tertiary/aromatic N) is 3. The number of amides is 2. The molecule has 2 heterocycles. The number of carbonyl (C=O) groups excluding carboxylic acids is 1. The number of hydrogen-bond donors (Lipinski definition) is 0. The summed E-state index contributed by atoms with van der Waals surface area (Å²) in [7, 11) is 5.67.